The largest absolute Gasteiger partial charge is 0.497 e. The second-order valence-electron chi connectivity index (χ2n) is 6.75. The van der Waals surface area contributed by atoms with Gasteiger partial charge in [0.2, 0.25) is 5.91 Å². The molecule has 1 atom stereocenters. The number of hydrogen-bond acceptors (Lipinski definition) is 6. The number of methoxy groups -OCH3 is 2. The summed E-state index contributed by atoms with van der Waals surface area (Å²) in [6.45, 7) is 1.91. The Morgan fingerprint density at radius 3 is 2.33 bits per heavy atom. The smallest absolute Gasteiger partial charge is 0.273 e. The lowest BCUT2D eigenvalue weighted by Crippen LogP contribution is -2.28. The molecule has 8 nitrogen and oxygen atoms in total. The maximum Gasteiger partial charge on any atom is 0.273 e. The Morgan fingerprint density at radius 2 is 1.73 bits per heavy atom. The number of carbonyl (C=O) groups excluding carboxylic acids is 1. The van der Waals surface area contributed by atoms with Gasteiger partial charge in [0, 0.05) is 24.5 Å². The zero-order valence-electron chi connectivity index (χ0n) is 17.1. The summed E-state index contributed by atoms with van der Waals surface area (Å²) in [6, 6.07) is 14.7. The van der Waals surface area contributed by atoms with Crippen molar-refractivity contribution in [1.82, 2.24) is 20.5 Å². The summed E-state index contributed by atoms with van der Waals surface area (Å²) in [5.74, 6) is 1.28. The molecule has 2 N–H and O–H groups in total. The first-order valence-corrected chi connectivity index (χ1v) is 9.53. The summed E-state index contributed by atoms with van der Waals surface area (Å²) in [6.07, 6.45) is 0.332. The number of nitrogens with zero attached hydrogens (tertiary/aromatic N) is 2. The zero-order valence-corrected chi connectivity index (χ0v) is 17.1. The Morgan fingerprint density at radius 1 is 1.07 bits per heavy atom. The van der Waals surface area contributed by atoms with E-state index < -0.39 is 0 Å². The van der Waals surface area contributed by atoms with Gasteiger partial charge in [0.25, 0.3) is 5.56 Å². The van der Waals surface area contributed by atoms with E-state index >= 15 is 0 Å². The van der Waals surface area contributed by atoms with Gasteiger partial charge in [-0.25, -0.2) is 0 Å². The molecule has 1 aromatic heterocycles. The van der Waals surface area contributed by atoms with E-state index in [-0.39, 0.29) is 36.0 Å². The molecule has 8 heteroatoms. The quantitative estimate of drug-likeness (QED) is 0.594. The van der Waals surface area contributed by atoms with Crippen molar-refractivity contribution in [1.29, 1.82) is 0 Å². The minimum Gasteiger partial charge on any atom is -0.497 e. The Hall–Kier alpha value is -3.68. The monoisotopic (exact) mass is 408 g/mol. The third kappa shape index (κ3) is 5.22. The van der Waals surface area contributed by atoms with Crippen LogP contribution in [0.1, 0.15) is 30.6 Å². The van der Waals surface area contributed by atoms with Crippen LogP contribution in [0.2, 0.25) is 0 Å². The van der Waals surface area contributed by atoms with E-state index in [9.17, 15) is 9.59 Å². The van der Waals surface area contributed by atoms with Crippen LogP contribution in [0.15, 0.2) is 53.3 Å². The van der Waals surface area contributed by atoms with Crippen molar-refractivity contribution in [2.45, 2.75) is 25.8 Å². The number of hydrogen-bond donors (Lipinski definition) is 2. The number of ether oxygens (including phenoxy) is 2. The highest BCUT2D eigenvalue weighted by atomic mass is 16.5. The van der Waals surface area contributed by atoms with Crippen LogP contribution in [0.3, 0.4) is 0 Å². The molecule has 0 fully saturated rings. The SMILES string of the molecule is COc1cc(OC)cc(-c2nnc(CCC(=O)N[C@@H](C)c3ccccc3)c(=O)[nH]2)c1. The maximum atomic E-state index is 12.4. The number of H-pyrrole nitrogens is 1. The number of benzene rings is 2. The van der Waals surface area contributed by atoms with Gasteiger partial charge >= 0.3 is 0 Å². The van der Waals surface area contributed by atoms with Crippen LogP contribution < -0.4 is 20.3 Å². The van der Waals surface area contributed by atoms with Gasteiger partial charge in [-0.15, -0.1) is 10.2 Å². The third-order valence-corrected chi connectivity index (χ3v) is 4.66. The van der Waals surface area contributed by atoms with Crippen molar-refractivity contribution < 1.29 is 14.3 Å². The Kier molecular flexibility index (Phi) is 6.79. The summed E-state index contributed by atoms with van der Waals surface area (Å²) in [5.41, 5.74) is 1.44. The molecule has 0 aliphatic carbocycles. The van der Waals surface area contributed by atoms with Crippen LogP contribution in [0.5, 0.6) is 11.5 Å². The molecular formula is C22H24N4O4. The summed E-state index contributed by atoms with van der Waals surface area (Å²) in [7, 11) is 3.08. The van der Waals surface area contributed by atoms with Crippen LogP contribution in [-0.2, 0) is 11.2 Å². The highest BCUT2D eigenvalue weighted by Gasteiger charge is 2.13. The second-order valence-corrected chi connectivity index (χ2v) is 6.75. The van der Waals surface area contributed by atoms with Crippen molar-refractivity contribution >= 4 is 5.91 Å². The number of carbonyl (C=O) groups is 1. The number of aromatic nitrogens is 3. The van der Waals surface area contributed by atoms with Gasteiger partial charge in [0.05, 0.1) is 20.3 Å². The van der Waals surface area contributed by atoms with Crippen molar-refractivity contribution in [2.24, 2.45) is 0 Å². The number of nitrogens with one attached hydrogen (secondary N) is 2. The molecule has 0 bridgehead atoms. The molecule has 0 radical (unpaired) electrons. The number of rotatable bonds is 8. The van der Waals surface area contributed by atoms with E-state index in [4.69, 9.17) is 9.47 Å². The van der Waals surface area contributed by atoms with Crippen molar-refractivity contribution in [3.8, 4) is 22.9 Å². The zero-order chi connectivity index (χ0) is 21.5. The summed E-state index contributed by atoms with van der Waals surface area (Å²) in [5, 5.41) is 11.0. The van der Waals surface area contributed by atoms with Gasteiger partial charge in [-0.05, 0) is 24.6 Å². The lowest BCUT2D eigenvalue weighted by Gasteiger charge is -2.14. The normalized spacial score (nSPS) is 11.6. The molecule has 0 saturated heterocycles. The van der Waals surface area contributed by atoms with Crippen molar-refractivity contribution in [3.05, 3.63) is 70.1 Å². The molecule has 2 aromatic carbocycles. The summed E-state index contributed by atoms with van der Waals surface area (Å²) < 4.78 is 10.5. The van der Waals surface area contributed by atoms with Gasteiger partial charge in [0.15, 0.2) is 5.82 Å². The fourth-order valence-corrected chi connectivity index (χ4v) is 2.97. The third-order valence-electron chi connectivity index (χ3n) is 4.66. The van der Waals surface area contributed by atoms with Gasteiger partial charge in [-0.3, -0.25) is 9.59 Å². The average Bonchev–Trinajstić information content (AvgIpc) is 2.78. The highest BCUT2D eigenvalue weighted by Crippen LogP contribution is 2.27. The molecule has 0 aliphatic heterocycles. The van der Waals surface area contributed by atoms with Crippen LogP contribution in [-0.4, -0.2) is 35.3 Å². The Balaban J connectivity index is 1.66. The first kappa shape index (κ1) is 21.0. The molecule has 0 saturated carbocycles. The summed E-state index contributed by atoms with van der Waals surface area (Å²) in [4.78, 5) is 27.4. The predicted octanol–water partition coefficient (Wildman–Crippen LogP) is 2.66. The molecule has 0 unspecified atom stereocenters. The molecule has 1 heterocycles. The van der Waals surface area contributed by atoms with Gasteiger partial charge in [-0.1, -0.05) is 30.3 Å². The van der Waals surface area contributed by atoms with Gasteiger partial charge in [-0.2, -0.15) is 0 Å². The molecule has 1 amide bonds. The molecular weight excluding hydrogens is 384 g/mol. The van der Waals surface area contributed by atoms with E-state index in [1.165, 1.54) is 0 Å². The van der Waals surface area contributed by atoms with E-state index in [0.29, 0.717) is 22.9 Å². The van der Waals surface area contributed by atoms with E-state index in [0.717, 1.165) is 5.56 Å². The van der Waals surface area contributed by atoms with Crippen molar-refractivity contribution in [3.63, 3.8) is 0 Å². The Labute approximate surface area is 174 Å². The average molecular weight is 408 g/mol. The molecule has 30 heavy (non-hydrogen) atoms. The van der Waals surface area contributed by atoms with Crippen LogP contribution in [0.25, 0.3) is 11.4 Å². The molecule has 3 aromatic rings. The van der Waals surface area contributed by atoms with E-state index in [1.807, 2.05) is 37.3 Å². The van der Waals surface area contributed by atoms with E-state index in [2.05, 4.69) is 20.5 Å². The Bertz CT molecular complexity index is 1040. The minimum atomic E-state index is -0.384. The topological polar surface area (TPSA) is 106 Å². The molecule has 3 rings (SSSR count). The molecule has 156 valence electrons. The lowest BCUT2D eigenvalue weighted by atomic mass is 10.1. The fraction of sp³-hybridized carbons (Fsp3) is 0.273. The van der Waals surface area contributed by atoms with Crippen molar-refractivity contribution in [2.75, 3.05) is 14.2 Å². The maximum absolute atomic E-state index is 12.4. The van der Waals surface area contributed by atoms with Crippen LogP contribution >= 0.6 is 0 Å². The molecule has 0 aliphatic rings. The lowest BCUT2D eigenvalue weighted by molar-refractivity contribution is -0.121. The van der Waals surface area contributed by atoms with Gasteiger partial charge in [0.1, 0.15) is 17.2 Å². The summed E-state index contributed by atoms with van der Waals surface area (Å²) >= 11 is 0. The van der Waals surface area contributed by atoms with E-state index in [1.54, 1.807) is 32.4 Å². The van der Waals surface area contributed by atoms with Crippen LogP contribution in [0, 0.1) is 0 Å². The predicted molar refractivity (Wildman–Crippen MR) is 113 cm³/mol. The standard InChI is InChI=1S/C22H24N4O4/c1-14(15-7-5-4-6-8-15)23-20(27)10-9-19-22(28)24-21(26-25-19)16-11-17(29-2)13-18(12-16)30-3/h4-8,11-14H,9-10H2,1-3H3,(H,23,27)(H,24,26,28)/t14-/m0/s1. The minimum absolute atomic E-state index is 0.117. The first-order chi connectivity index (χ1) is 14.5. The number of aromatic amines is 1. The first-order valence-electron chi connectivity index (χ1n) is 9.53. The number of aryl methyl sites for hydroxylation is 1. The highest BCUT2D eigenvalue weighted by molar-refractivity contribution is 5.76. The molecule has 0 spiro atoms. The van der Waals surface area contributed by atoms with Gasteiger partial charge < -0.3 is 19.8 Å². The second kappa shape index (κ2) is 9.69. The fourth-order valence-electron chi connectivity index (χ4n) is 2.97. The van der Waals surface area contributed by atoms with Crippen LogP contribution in [0.4, 0.5) is 0 Å². The number of amides is 1.